The van der Waals surface area contributed by atoms with Crippen molar-refractivity contribution in [1.29, 1.82) is 0 Å². The number of carbonyl (C=O) groups excluding carboxylic acids is 1. The SMILES string of the molecule is CCC1CCCN1C(=O)c1cc(Br)cn1C(C)C. The molecule has 2 heterocycles. The Balaban J connectivity index is 2.28. The first-order valence-corrected chi connectivity index (χ1v) is 7.52. The highest BCUT2D eigenvalue weighted by atomic mass is 79.9. The molecule has 0 aliphatic carbocycles. The molecule has 0 radical (unpaired) electrons. The molecule has 1 atom stereocenters. The van der Waals surface area contributed by atoms with E-state index in [-0.39, 0.29) is 5.91 Å². The minimum atomic E-state index is 0.179. The number of likely N-dealkylation sites (tertiary alicyclic amines) is 1. The molecule has 0 bridgehead atoms. The van der Waals surface area contributed by atoms with E-state index in [9.17, 15) is 4.79 Å². The predicted octanol–water partition coefficient (Wildman–Crippen LogP) is 3.85. The Kier molecular flexibility index (Phi) is 4.15. The second-order valence-corrected chi connectivity index (χ2v) is 6.16. The highest BCUT2D eigenvalue weighted by Crippen LogP contribution is 2.26. The summed E-state index contributed by atoms with van der Waals surface area (Å²) < 4.78 is 3.03. The lowest BCUT2D eigenvalue weighted by molar-refractivity contribution is 0.0721. The minimum absolute atomic E-state index is 0.179. The third-order valence-corrected chi connectivity index (χ3v) is 4.13. The lowest BCUT2D eigenvalue weighted by Gasteiger charge is -2.25. The average Bonchev–Trinajstić information content (AvgIpc) is 2.93. The second-order valence-electron chi connectivity index (χ2n) is 5.25. The van der Waals surface area contributed by atoms with Gasteiger partial charge in [0, 0.05) is 29.3 Å². The van der Waals surface area contributed by atoms with Gasteiger partial charge in [0.1, 0.15) is 5.69 Å². The van der Waals surface area contributed by atoms with Crippen LogP contribution in [0.1, 0.15) is 56.6 Å². The van der Waals surface area contributed by atoms with Gasteiger partial charge in [-0.1, -0.05) is 6.92 Å². The molecule has 100 valence electrons. The number of hydrogen-bond acceptors (Lipinski definition) is 1. The van der Waals surface area contributed by atoms with Gasteiger partial charge in [-0.15, -0.1) is 0 Å². The van der Waals surface area contributed by atoms with E-state index >= 15 is 0 Å². The maximum atomic E-state index is 12.6. The van der Waals surface area contributed by atoms with Gasteiger partial charge >= 0.3 is 0 Å². The van der Waals surface area contributed by atoms with E-state index in [4.69, 9.17) is 0 Å². The zero-order valence-corrected chi connectivity index (χ0v) is 12.9. The van der Waals surface area contributed by atoms with Gasteiger partial charge in [-0.05, 0) is 55.1 Å². The number of amides is 1. The topological polar surface area (TPSA) is 25.2 Å². The fourth-order valence-corrected chi connectivity index (χ4v) is 3.16. The van der Waals surface area contributed by atoms with E-state index in [1.807, 2.05) is 17.2 Å². The average molecular weight is 313 g/mol. The summed E-state index contributed by atoms with van der Waals surface area (Å²) in [5, 5.41) is 0. The van der Waals surface area contributed by atoms with Gasteiger partial charge < -0.3 is 9.47 Å². The molecule has 1 unspecified atom stereocenters. The third-order valence-electron chi connectivity index (χ3n) is 3.70. The Hall–Kier alpha value is -0.770. The van der Waals surface area contributed by atoms with Crippen LogP contribution in [0.5, 0.6) is 0 Å². The standard InChI is InChI=1S/C14H21BrN2O/c1-4-12-6-5-7-16(12)14(18)13-8-11(15)9-17(13)10(2)3/h8-10,12H,4-7H2,1-3H3. The summed E-state index contributed by atoms with van der Waals surface area (Å²) in [5.74, 6) is 0.179. The van der Waals surface area contributed by atoms with Crippen molar-refractivity contribution in [1.82, 2.24) is 9.47 Å². The van der Waals surface area contributed by atoms with Crippen molar-refractivity contribution in [3.63, 3.8) is 0 Å². The smallest absolute Gasteiger partial charge is 0.270 e. The summed E-state index contributed by atoms with van der Waals surface area (Å²) in [6.07, 6.45) is 5.32. The summed E-state index contributed by atoms with van der Waals surface area (Å²) in [6, 6.07) is 2.66. The second kappa shape index (κ2) is 5.47. The molecule has 1 saturated heterocycles. The summed E-state index contributed by atoms with van der Waals surface area (Å²) in [5.41, 5.74) is 0.803. The van der Waals surface area contributed by atoms with Crippen molar-refractivity contribution >= 4 is 21.8 Å². The van der Waals surface area contributed by atoms with E-state index in [0.29, 0.717) is 12.1 Å². The van der Waals surface area contributed by atoms with Crippen LogP contribution in [0, 0.1) is 0 Å². The van der Waals surface area contributed by atoms with Gasteiger partial charge in [-0.25, -0.2) is 0 Å². The number of carbonyl (C=O) groups is 1. The molecule has 1 aliphatic heterocycles. The van der Waals surface area contributed by atoms with Gasteiger partial charge in [-0.2, -0.15) is 0 Å². The van der Waals surface area contributed by atoms with Crippen molar-refractivity contribution in [2.45, 2.75) is 52.1 Å². The first-order valence-electron chi connectivity index (χ1n) is 6.73. The van der Waals surface area contributed by atoms with Crippen LogP contribution in [0.3, 0.4) is 0 Å². The summed E-state index contributed by atoms with van der Waals surface area (Å²) in [6.45, 7) is 7.26. The molecule has 2 rings (SSSR count). The quantitative estimate of drug-likeness (QED) is 0.832. The summed E-state index contributed by atoms with van der Waals surface area (Å²) in [7, 11) is 0. The first kappa shape index (κ1) is 13.7. The Labute approximate surface area is 117 Å². The van der Waals surface area contributed by atoms with E-state index in [1.165, 1.54) is 0 Å². The van der Waals surface area contributed by atoms with E-state index < -0.39 is 0 Å². The van der Waals surface area contributed by atoms with Crippen molar-refractivity contribution in [3.05, 3.63) is 22.4 Å². The minimum Gasteiger partial charge on any atom is -0.340 e. The molecule has 3 nitrogen and oxygen atoms in total. The fraction of sp³-hybridized carbons (Fsp3) is 0.643. The molecule has 1 amide bonds. The Morgan fingerprint density at radius 3 is 2.89 bits per heavy atom. The Morgan fingerprint density at radius 2 is 2.28 bits per heavy atom. The monoisotopic (exact) mass is 312 g/mol. The van der Waals surface area contributed by atoms with Crippen LogP contribution >= 0.6 is 15.9 Å². The van der Waals surface area contributed by atoms with Crippen molar-refractivity contribution in [2.24, 2.45) is 0 Å². The molecule has 1 aromatic heterocycles. The van der Waals surface area contributed by atoms with Gasteiger partial charge in [0.05, 0.1) is 0 Å². The highest BCUT2D eigenvalue weighted by Gasteiger charge is 2.30. The maximum absolute atomic E-state index is 12.6. The van der Waals surface area contributed by atoms with Crippen LogP contribution in [0.25, 0.3) is 0 Å². The normalized spacial score (nSPS) is 19.8. The summed E-state index contributed by atoms with van der Waals surface area (Å²) in [4.78, 5) is 14.7. The van der Waals surface area contributed by atoms with E-state index in [1.54, 1.807) is 0 Å². The maximum Gasteiger partial charge on any atom is 0.270 e. The van der Waals surface area contributed by atoms with Crippen LogP contribution < -0.4 is 0 Å². The molecular weight excluding hydrogens is 292 g/mol. The van der Waals surface area contributed by atoms with Crippen LogP contribution in [0.4, 0.5) is 0 Å². The van der Waals surface area contributed by atoms with Gasteiger partial charge in [0.2, 0.25) is 0 Å². The molecule has 0 N–H and O–H groups in total. The van der Waals surface area contributed by atoms with Crippen molar-refractivity contribution in [2.75, 3.05) is 6.54 Å². The van der Waals surface area contributed by atoms with Gasteiger partial charge in [0.15, 0.2) is 0 Å². The number of halogens is 1. The van der Waals surface area contributed by atoms with Crippen LogP contribution in [0.15, 0.2) is 16.7 Å². The molecule has 1 aromatic rings. The molecule has 18 heavy (non-hydrogen) atoms. The Morgan fingerprint density at radius 1 is 1.56 bits per heavy atom. The fourth-order valence-electron chi connectivity index (χ4n) is 2.72. The van der Waals surface area contributed by atoms with Crippen molar-refractivity contribution < 1.29 is 4.79 Å². The number of hydrogen-bond donors (Lipinski definition) is 0. The van der Waals surface area contributed by atoms with Crippen molar-refractivity contribution in [3.8, 4) is 0 Å². The molecule has 1 aliphatic rings. The zero-order chi connectivity index (χ0) is 13.3. The van der Waals surface area contributed by atoms with Gasteiger partial charge in [-0.3, -0.25) is 4.79 Å². The Bertz CT molecular complexity index is 439. The van der Waals surface area contributed by atoms with Crippen LogP contribution in [0.2, 0.25) is 0 Å². The molecule has 0 saturated carbocycles. The largest absolute Gasteiger partial charge is 0.340 e. The predicted molar refractivity (Wildman–Crippen MR) is 76.9 cm³/mol. The molecule has 0 aromatic carbocycles. The highest BCUT2D eigenvalue weighted by molar-refractivity contribution is 9.10. The molecule has 0 spiro atoms. The first-order chi connectivity index (χ1) is 8.54. The number of aromatic nitrogens is 1. The molecule has 4 heteroatoms. The van der Waals surface area contributed by atoms with Crippen LogP contribution in [-0.4, -0.2) is 28.0 Å². The van der Waals surface area contributed by atoms with E-state index in [2.05, 4.69) is 41.3 Å². The lowest BCUT2D eigenvalue weighted by atomic mass is 10.1. The molecule has 1 fully saturated rings. The van der Waals surface area contributed by atoms with Gasteiger partial charge in [0.25, 0.3) is 5.91 Å². The lowest BCUT2D eigenvalue weighted by Crippen LogP contribution is -2.36. The van der Waals surface area contributed by atoms with Crippen LogP contribution in [-0.2, 0) is 0 Å². The number of rotatable bonds is 3. The van der Waals surface area contributed by atoms with E-state index in [0.717, 1.165) is 36.0 Å². The summed E-state index contributed by atoms with van der Waals surface area (Å²) >= 11 is 3.47. The molecular formula is C14H21BrN2O. The number of nitrogens with zero attached hydrogens (tertiary/aromatic N) is 2. The third kappa shape index (κ3) is 2.48. The zero-order valence-electron chi connectivity index (χ0n) is 11.3.